The van der Waals surface area contributed by atoms with Crippen LogP contribution in [0.4, 0.5) is 0 Å². The van der Waals surface area contributed by atoms with Gasteiger partial charge in [0.2, 0.25) is 0 Å². The summed E-state index contributed by atoms with van der Waals surface area (Å²) in [6.07, 6.45) is 4.52. The third-order valence-electron chi connectivity index (χ3n) is 4.65. The van der Waals surface area contributed by atoms with Gasteiger partial charge in [0.25, 0.3) is 0 Å². The molecule has 106 valence electrons. The minimum Gasteiger partial charge on any atom is -0.390 e. The highest BCUT2D eigenvalue weighted by molar-refractivity contribution is 5.23. The summed E-state index contributed by atoms with van der Waals surface area (Å²) in [6.45, 7) is 4.37. The van der Waals surface area contributed by atoms with Crippen LogP contribution >= 0.6 is 0 Å². The molecular formula is C17H26O2. The lowest BCUT2D eigenvalue weighted by Crippen LogP contribution is -2.47. The SMILES string of the molecule is COC1(C(O)Cc2cccc(C)c2)CCC(C)CC1. The molecule has 1 unspecified atom stereocenters. The first-order valence-electron chi connectivity index (χ1n) is 7.34. The highest BCUT2D eigenvalue weighted by Gasteiger charge is 2.40. The van der Waals surface area contributed by atoms with Gasteiger partial charge >= 0.3 is 0 Å². The van der Waals surface area contributed by atoms with E-state index in [2.05, 4.69) is 38.1 Å². The monoisotopic (exact) mass is 262 g/mol. The van der Waals surface area contributed by atoms with Crippen molar-refractivity contribution in [1.82, 2.24) is 0 Å². The molecule has 1 atom stereocenters. The summed E-state index contributed by atoms with van der Waals surface area (Å²) in [5, 5.41) is 10.6. The van der Waals surface area contributed by atoms with Gasteiger partial charge in [-0.25, -0.2) is 0 Å². The van der Waals surface area contributed by atoms with Crippen molar-refractivity contribution in [1.29, 1.82) is 0 Å². The Hall–Kier alpha value is -0.860. The average Bonchev–Trinajstić information content (AvgIpc) is 2.40. The van der Waals surface area contributed by atoms with E-state index in [1.54, 1.807) is 7.11 Å². The van der Waals surface area contributed by atoms with Crippen LogP contribution in [0.25, 0.3) is 0 Å². The second-order valence-corrected chi connectivity index (χ2v) is 6.16. The number of methoxy groups -OCH3 is 1. The molecule has 1 fully saturated rings. The Labute approximate surface area is 116 Å². The van der Waals surface area contributed by atoms with Crippen molar-refractivity contribution in [2.24, 2.45) is 5.92 Å². The van der Waals surface area contributed by atoms with E-state index in [0.29, 0.717) is 6.42 Å². The lowest BCUT2D eigenvalue weighted by atomic mass is 9.75. The van der Waals surface area contributed by atoms with Crippen LogP contribution in [0, 0.1) is 12.8 Å². The fraction of sp³-hybridized carbons (Fsp3) is 0.647. The van der Waals surface area contributed by atoms with Gasteiger partial charge < -0.3 is 9.84 Å². The minimum atomic E-state index is -0.410. The molecule has 0 radical (unpaired) electrons. The quantitative estimate of drug-likeness (QED) is 0.900. The van der Waals surface area contributed by atoms with E-state index < -0.39 is 6.10 Å². The van der Waals surface area contributed by atoms with Crippen LogP contribution in [0.5, 0.6) is 0 Å². The van der Waals surface area contributed by atoms with Gasteiger partial charge in [-0.1, -0.05) is 36.8 Å². The van der Waals surface area contributed by atoms with E-state index in [0.717, 1.165) is 31.6 Å². The maximum absolute atomic E-state index is 10.6. The van der Waals surface area contributed by atoms with E-state index in [-0.39, 0.29) is 5.60 Å². The van der Waals surface area contributed by atoms with Gasteiger partial charge in [-0.3, -0.25) is 0 Å². The molecule has 0 bridgehead atoms. The molecule has 19 heavy (non-hydrogen) atoms. The van der Waals surface area contributed by atoms with Gasteiger partial charge in [0.1, 0.15) is 0 Å². The van der Waals surface area contributed by atoms with Crippen molar-refractivity contribution in [2.45, 2.75) is 57.7 Å². The summed E-state index contributed by atoms with van der Waals surface area (Å²) in [7, 11) is 1.75. The molecule has 2 nitrogen and oxygen atoms in total. The average molecular weight is 262 g/mol. The molecule has 1 saturated carbocycles. The highest BCUT2D eigenvalue weighted by Crippen LogP contribution is 2.37. The fourth-order valence-corrected chi connectivity index (χ4v) is 3.17. The van der Waals surface area contributed by atoms with Crippen LogP contribution in [0.2, 0.25) is 0 Å². The number of hydrogen-bond donors (Lipinski definition) is 1. The van der Waals surface area contributed by atoms with Crippen LogP contribution in [-0.4, -0.2) is 23.9 Å². The fourth-order valence-electron chi connectivity index (χ4n) is 3.17. The van der Waals surface area contributed by atoms with Crippen molar-refractivity contribution < 1.29 is 9.84 Å². The first-order chi connectivity index (χ1) is 9.05. The molecule has 0 amide bonds. The Balaban J connectivity index is 2.06. The van der Waals surface area contributed by atoms with E-state index in [1.165, 1.54) is 11.1 Å². The highest BCUT2D eigenvalue weighted by atomic mass is 16.5. The molecule has 0 heterocycles. The van der Waals surface area contributed by atoms with E-state index in [1.807, 2.05) is 0 Å². The normalized spacial score (nSPS) is 29.2. The topological polar surface area (TPSA) is 29.5 Å². The largest absolute Gasteiger partial charge is 0.390 e. The van der Waals surface area contributed by atoms with Gasteiger partial charge in [0.05, 0.1) is 11.7 Å². The van der Waals surface area contributed by atoms with Gasteiger partial charge in [-0.05, 0) is 44.1 Å². The van der Waals surface area contributed by atoms with Crippen LogP contribution in [-0.2, 0) is 11.2 Å². The molecule has 2 heteroatoms. The number of rotatable bonds is 4. The number of aliphatic hydroxyl groups excluding tert-OH is 1. The molecule has 2 rings (SSSR count). The van der Waals surface area contributed by atoms with Crippen molar-refractivity contribution >= 4 is 0 Å². The molecule has 1 aliphatic rings. The standard InChI is InChI=1S/C17H26O2/c1-13-7-9-17(19-3,10-8-13)16(18)12-15-6-4-5-14(2)11-15/h4-6,11,13,16,18H,7-10,12H2,1-3H3. The number of benzene rings is 1. The minimum absolute atomic E-state index is 0.337. The number of aliphatic hydroxyl groups is 1. The third kappa shape index (κ3) is 3.37. The predicted octanol–water partition coefficient (Wildman–Crippen LogP) is 3.49. The third-order valence-corrected chi connectivity index (χ3v) is 4.65. The Morgan fingerprint density at radius 2 is 2.05 bits per heavy atom. The van der Waals surface area contributed by atoms with Gasteiger partial charge in [-0.2, -0.15) is 0 Å². The second-order valence-electron chi connectivity index (χ2n) is 6.16. The zero-order chi connectivity index (χ0) is 13.9. The van der Waals surface area contributed by atoms with Crippen LogP contribution < -0.4 is 0 Å². The van der Waals surface area contributed by atoms with Gasteiger partial charge in [0, 0.05) is 13.5 Å². The Morgan fingerprint density at radius 3 is 2.63 bits per heavy atom. The van der Waals surface area contributed by atoms with Crippen LogP contribution in [0.3, 0.4) is 0 Å². The van der Waals surface area contributed by atoms with Gasteiger partial charge in [0.15, 0.2) is 0 Å². The molecular weight excluding hydrogens is 236 g/mol. The van der Waals surface area contributed by atoms with E-state index >= 15 is 0 Å². The molecule has 1 N–H and O–H groups in total. The molecule has 0 saturated heterocycles. The van der Waals surface area contributed by atoms with Crippen molar-refractivity contribution in [3.05, 3.63) is 35.4 Å². The molecule has 1 aromatic rings. The van der Waals surface area contributed by atoms with Crippen molar-refractivity contribution in [2.75, 3.05) is 7.11 Å². The smallest absolute Gasteiger partial charge is 0.0939 e. The predicted molar refractivity (Wildman–Crippen MR) is 78.3 cm³/mol. The Kier molecular flexibility index (Phi) is 4.64. The summed E-state index contributed by atoms with van der Waals surface area (Å²) >= 11 is 0. The first-order valence-corrected chi connectivity index (χ1v) is 7.34. The maximum Gasteiger partial charge on any atom is 0.0939 e. The number of aryl methyl sites for hydroxylation is 1. The zero-order valence-electron chi connectivity index (χ0n) is 12.4. The lowest BCUT2D eigenvalue weighted by Gasteiger charge is -2.41. The zero-order valence-corrected chi connectivity index (χ0v) is 12.4. The van der Waals surface area contributed by atoms with E-state index in [9.17, 15) is 5.11 Å². The van der Waals surface area contributed by atoms with Gasteiger partial charge in [-0.15, -0.1) is 0 Å². The summed E-state index contributed by atoms with van der Waals surface area (Å²) in [5.41, 5.74) is 2.10. The van der Waals surface area contributed by atoms with Crippen LogP contribution in [0.15, 0.2) is 24.3 Å². The summed E-state index contributed by atoms with van der Waals surface area (Å²) in [5.74, 6) is 0.759. The first kappa shape index (κ1) is 14.5. The lowest BCUT2D eigenvalue weighted by molar-refractivity contribution is -0.127. The van der Waals surface area contributed by atoms with Crippen molar-refractivity contribution in [3.8, 4) is 0 Å². The summed E-state index contributed by atoms with van der Waals surface area (Å²) in [4.78, 5) is 0. The molecule has 0 spiro atoms. The number of hydrogen-bond acceptors (Lipinski definition) is 2. The molecule has 1 aromatic carbocycles. The summed E-state index contributed by atoms with van der Waals surface area (Å²) < 4.78 is 5.74. The molecule has 0 aromatic heterocycles. The second kappa shape index (κ2) is 6.06. The Bertz CT molecular complexity index is 405. The van der Waals surface area contributed by atoms with E-state index in [4.69, 9.17) is 4.74 Å². The molecule has 1 aliphatic carbocycles. The summed E-state index contributed by atoms with van der Waals surface area (Å²) in [6, 6.07) is 8.38. The molecule has 0 aliphatic heterocycles. The number of ether oxygens (including phenoxy) is 1. The maximum atomic E-state index is 10.6. The van der Waals surface area contributed by atoms with Crippen LogP contribution in [0.1, 0.15) is 43.7 Å². The Morgan fingerprint density at radius 1 is 1.37 bits per heavy atom. The van der Waals surface area contributed by atoms with Crippen molar-refractivity contribution in [3.63, 3.8) is 0 Å².